The third kappa shape index (κ3) is 4.56. The van der Waals surface area contributed by atoms with Gasteiger partial charge >= 0.3 is 0 Å². The molecule has 0 fully saturated rings. The van der Waals surface area contributed by atoms with E-state index in [-0.39, 0.29) is 5.92 Å². The Morgan fingerprint density at radius 1 is 0.722 bits per heavy atom. The van der Waals surface area contributed by atoms with E-state index in [4.69, 9.17) is 23.9 Å². The summed E-state index contributed by atoms with van der Waals surface area (Å²) in [6.45, 7) is 0. The normalized spacial score (nSPS) is 14.8. The quantitative estimate of drug-likeness (QED) is 0.268. The summed E-state index contributed by atoms with van der Waals surface area (Å²) in [5, 5.41) is 0. The fraction of sp³-hybridized carbons (Fsp3) is 0.129. The molecule has 180 valence electrons. The highest BCUT2D eigenvalue weighted by atomic mass is 16.5. The average Bonchev–Trinajstić information content (AvgIpc) is 2.95. The van der Waals surface area contributed by atoms with Gasteiger partial charge in [0, 0.05) is 28.8 Å². The number of para-hydroxylation sites is 1. The van der Waals surface area contributed by atoms with Crippen LogP contribution in [0.15, 0.2) is 108 Å². The molecule has 1 heterocycles. The van der Waals surface area contributed by atoms with Gasteiger partial charge in [-0.1, -0.05) is 48.5 Å². The van der Waals surface area contributed by atoms with Crippen molar-refractivity contribution in [2.45, 2.75) is 5.92 Å². The van der Waals surface area contributed by atoms with E-state index in [1.54, 1.807) is 21.3 Å². The van der Waals surface area contributed by atoms with Crippen molar-refractivity contribution >= 4 is 17.7 Å². The smallest absolute Gasteiger partial charge is 0.161 e. The molecule has 0 radical (unpaired) electrons. The van der Waals surface area contributed by atoms with E-state index in [1.165, 1.54) is 0 Å². The molecule has 0 aliphatic carbocycles. The molecule has 0 saturated carbocycles. The van der Waals surface area contributed by atoms with E-state index in [2.05, 4.69) is 30.3 Å². The van der Waals surface area contributed by atoms with Gasteiger partial charge in [0.25, 0.3) is 0 Å². The minimum Gasteiger partial charge on any atom is -0.497 e. The molecule has 0 aromatic heterocycles. The third-order valence-corrected chi connectivity index (χ3v) is 6.22. The Bertz CT molecular complexity index is 1410. The van der Waals surface area contributed by atoms with Crippen molar-refractivity contribution in [3.8, 4) is 23.0 Å². The zero-order valence-electron chi connectivity index (χ0n) is 20.5. The Kier molecular flexibility index (Phi) is 6.72. The number of hydrogen-bond donors (Lipinski definition) is 0. The Hall–Kier alpha value is -4.51. The summed E-state index contributed by atoms with van der Waals surface area (Å²) in [4.78, 5) is 4.83. The summed E-state index contributed by atoms with van der Waals surface area (Å²) in [6.07, 6.45) is 1.90. The van der Waals surface area contributed by atoms with E-state index < -0.39 is 0 Å². The second kappa shape index (κ2) is 10.4. The van der Waals surface area contributed by atoms with Crippen LogP contribution < -0.4 is 18.9 Å². The molecule has 0 spiro atoms. The molecule has 0 N–H and O–H groups in total. The van der Waals surface area contributed by atoms with Gasteiger partial charge in [-0.25, -0.2) is 0 Å². The molecule has 0 saturated heterocycles. The Morgan fingerprint density at radius 2 is 1.44 bits per heavy atom. The van der Waals surface area contributed by atoms with Crippen molar-refractivity contribution in [2.24, 2.45) is 4.99 Å². The molecule has 1 atom stereocenters. The topological polar surface area (TPSA) is 49.3 Å². The molecule has 5 nitrogen and oxygen atoms in total. The fourth-order valence-corrected chi connectivity index (χ4v) is 4.43. The maximum absolute atomic E-state index is 6.55. The number of ether oxygens (including phenoxy) is 4. The van der Waals surface area contributed by atoms with Crippen LogP contribution >= 0.6 is 0 Å². The first-order valence-corrected chi connectivity index (χ1v) is 11.7. The Balaban J connectivity index is 1.71. The van der Waals surface area contributed by atoms with E-state index in [1.807, 2.05) is 72.9 Å². The average molecular weight is 478 g/mol. The Labute approximate surface area is 211 Å². The molecule has 5 heteroatoms. The van der Waals surface area contributed by atoms with E-state index in [0.29, 0.717) is 11.5 Å². The van der Waals surface area contributed by atoms with E-state index in [0.717, 1.165) is 45.2 Å². The number of methoxy groups -OCH3 is 3. The van der Waals surface area contributed by atoms with Gasteiger partial charge in [-0.3, -0.25) is 4.99 Å². The maximum atomic E-state index is 6.55. The SMILES string of the molecule is COc1ccc(N=CC2=C(c3ccc(OC)c(OC)c3)Oc3ccccc3[C@@H]2c2ccccc2)cc1. The van der Waals surface area contributed by atoms with Crippen LogP contribution in [0, 0.1) is 0 Å². The van der Waals surface area contributed by atoms with Crippen LogP contribution in [0.5, 0.6) is 23.0 Å². The van der Waals surface area contributed by atoms with Crippen LogP contribution in [0.3, 0.4) is 0 Å². The van der Waals surface area contributed by atoms with Crippen molar-refractivity contribution < 1.29 is 18.9 Å². The first-order chi connectivity index (χ1) is 17.7. The molecule has 1 aliphatic rings. The number of nitrogens with zero attached hydrogens (tertiary/aromatic N) is 1. The molecule has 4 aromatic rings. The summed E-state index contributed by atoms with van der Waals surface area (Å²) in [5.41, 5.74) is 4.88. The highest BCUT2D eigenvalue weighted by molar-refractivity contribution is 5.95. The summed E-state index contributed by atoms with van der Waals surface area (Å²) >= 11 is 0. The zero-order chi connectivity index (χ0) is 24.9. The molecule has 5 rings (SSSR count). The lowest BCUT2D eigenvalue weighted by Gasteiger charge is -2.30. The van der Waals surface area contributed by atoms with E-state index >= 15 is 0 Å². The fourth-order valence-electron chi connectivity index (χ4n) is 4.43. The summed E-state index contributed by atoms with van der Waals surface area (Å²) < 4.78 is 22.9. The zero-order valence-corrected chi connectivity index (χ0v) is 20.5. The van der Waals surface area contributed by atoms with Crippen molar-refractivity contribution in [3.63, 3.8) is 0 Å². The largest absolute Gasteiger partial charge is 0.497 e. The standard InChI is InChI=1S/C31H27NO4/c1-33-24-16-14-23(15-17-24)32-20-26-30(21-9-5-4-6-10-21)25-11-7-8-12-27(25)36-31(26)22-13-18-28(34-2)29(19-22)35-3/h4-20,30H,1-3H3/t30-/m0/s1. The summed E-state index contributed by atoms with van der Waals surface area (Å²) in [7, 11) is 4.91. The number of allylic oxidation sites excluding steroid dienone is 1. The van der Waals surface area contributed by atoms with Crippen molar-refractivity contribution in [3.05, 3.63) is 119 Å². The third-order valence-electron chi connectivity index (χ3n) is 6.22. The lowest BCUT2D eigenvalue weighted by Crippen LogP contribution is -2.17. The minimum absolute atomic E-state index is 0.0683. The first kappa shape index (κ1) is 23.2. The van der Waals surface area contributed by atoms with Crippen molar-refractivity contribution in [1.82, 2.24) is 0 Å². The van der Waals surface area contributed by atoms with Gasteiger partial charge in [-0.2, -0.15) is 0 Å². The van der Waals surface area contributed by atoms with Crippen LogP contribution in [0.1, 0.15) is 22.6 Å². The lowest BCUT2D eigenvalue weighted by atomic mass is 9.81. The van der Waals surface area contributed by atoms with Crippen LogP contribution in [-0.4, -0.2) is 27.5 Å². The number of hydrogen-bond acceptors (Lipinski definition) is 5. The van der Waals surface area contributed by atoms with Gasteiger partial charge in [0.2, 0.25) is 0 Å². The monoisotopic (exact) mass is 477 g/mol. The first-order valence-electron chi connectivity index (χ1n) is 11.7. The Morgan fingerprint density at radius 3 is 2.17 bits per heavy atom. The molecule has 0 unspecified atom stereocenters. The predicted molar refractivity (Wildman–Crippen MR) is 143 cm³/mol. The van der Waals surface area contributed by atoms with Gasteiger partial charge < -0.3 is 18.9 Å². The molecule has 4 aromatic carbocycles. The van der Waals surface area contributed by atoms with Crippen LogP contribution in [0.2, 0.25) is 0 Å². The van der Waals surface area contributed by atoms with Gasteiger partial charge in [-0.15, -0.1) is 0 Å². The molecular formula is C31H27NO4. The second-order valence-corrected chi connectivity index (χ2v) is 8.29. The maximum Gasteiger partial charge on any atom is 0.161 e. The van der Waals surface area contributed by atoms with Crippen LogP contribution in [0.4, 0.5) is 5.69 Å². The number of aliphatic imine (C=N–C) groups is 1. The molecule has 0 amide bonds. The van der Waals surface area contributed by atoms with Gasteiger partial charge in [0.15, 0.2) is 11.5 Å². The van der Waals surface area contributed by atoms with Crippen LogP contribution in [-0.2, 0) is 0 Å². The highest BCUT2D eigenvalue weighted by Gasteiger charge is 2.31. The van der Waals surface area contributed by atoms with Crippen LogP contribution in [0.25, 0.3) is 5.76 Å². The predicted octanol–water partition coefficient (Wildman–Crippen LogP) is 7.05. The minimum atomic E-state index is -0.0683. The van der Waals surface area contributed by atoms with Gasteiger partial charge in [-0.05, 0) is 54.1 Å². The van der Waals surface area contributed by atoms with Gasteiger partial charge in [0.05, 0.1) is 27.0 Å². The molecule has 36 heavy (non-hydrogen) atoms. The number of fused-ring (bicyclic) bond motifs is 1. The second-order valence-electron chi connectivity index (χ2n) is 8.29. The summed E-state index contributed by atoms with van der Waals surface area (Å²) in [6, 6.07) is 32.0. The van der Waals surface area contributed by atoms with Crippen molar-refractivity contribution in [1.29, 1.82) is 0 Å². The number of rotatable bonds is 7. The molecule has 0 bridgehead atoms. The van der Waals surface area contributed by atoms with Gasteiger partial charge in [0.1, 0.15) is 17.3 Å². The summed E-state index contributed by atoms with van der Waals surface area (Å²) in [5.74, 6) is 3.55. The van der Waals surface area contributed by atoms with Crippen molar-refractivity contribution in [2.75, 3.05) is 21.3 Å². The number of benzene rings is 4. The molecular weight excluding hydrogens is 450 g/mol. The highest BCUT2D eigenvalue weighted by Crippen LogP contribution is 2.46. The lowest BCUT2D eigenvalue weighted by molar-refractivity contribution is 0.354. The van der Waals surface area contributed by atoms with E-state index in [9.17, 15) is 0 Å². The molecule has 1 aliphatic heterocycles.